The molecule has 3 rings (SSSR count). The van der Waals surface area contributed by atoms with Gasteiger partial charge in [-0.25, -0.2) is 4.39 Å². The fraction of sp³-hybridized carbons (Fsp3) is 0.176. The molecule has 0 saturated carbocycles. The zero-order valence-corrected chi connectivity index (χ0v) is 14.6. The molecule has 0 bridgehead atoms. The lowest BCUT2D eigenvalue weighted by atomic mass is 10.0. The lowest BCUT2D eigenvalue weighted by Gasteiger charge is -2.14. The van der Waals surface area contributed by atoms with Crippen LogP contribution in [0.15, 0.2) is 42.5 Å². The van der Waals surface area contributed by atoms with Crippen LogP contribution in [0.2, 0.25) is 0 Å². The Bertz CT molecular complexity index is 1040. The van der Waals surface area contributed by atoms with Gasteiger partial charge in [-0.05, 0) is 46.8 Å². The molecular formula is C17H10F7N5O. The molecule has 1 amide bonds. The molecule has 6 nitrogen and oxygen atoms in total. The van der Waals surface area contributed by atoms with E-state index in [0.29, 0.717) is 12.1 Å². The van der Waals surface area contributed by atoms with Crippen LogP contribution in [-0.2, 0) is 18.9 Å². The Balaban J connectivity index is 1.85. The van der Waals surface area contributed by atoms with E-state index < -0.39 is 47.3 Å². The summed E-state index contributed by atoms with van der Waals surface area (Å²) in [6.07, 6.45) is -10.2. The van der Waals surface area contributed by atoms with Crippen molar-refractivity contribution >= 4 is 5.91 Å². The van der Waals surface area contributed by atoms with Crippen LogP contribution in [0.1, 0.15) is 27.3 Å². The molecule has 30 heavy (non-hydrogen) atoms. The minimum atomic E-state index is -5.09. The van der Waals surface area contributed by atoms with Gasteiger partial charge in [-0.1, -0.05) is 6.07 Å². The summed E-state index contributed by atoms with van der Waals surface area (Å²) in [6, 6.07) is 5.61. The van der Waals surface area contributed by atoms with Gasteiger partial charge in [0.1, 0.15) is 5.82 Å². The van der Waals surface area contributed by atoms with E-state index in [-0.39, 0.29) is 17.6 Å². The highest BCUT2D eigenvalue weighted by molar-refractivity contribution is 5.94. The van der Waals surface area contributed by atoms with E-state index >= 15 is 0 Å². The van der Waals surface area contributed by atoms with Crippen LogP contribution in [0.5, 0.6) is 0 Å². The van der Waals surface area contributed by atoms with Crippen LogP contribution in [0.25, 0.3) is 5.69 Å². The van der Waals surface area contributed by atoms with Gasteiger partial charge in [0, 0.05) is 5.56 Å². The third kappa shape index (κ3) is 4.72. The minimum Gasteiger partial charge on any atom is -0.345 e. The summed E-state index contributed by atoms with van der Waals surface area (Å²) in [4.78, 5) is 12.2. The monoisotopic (exact) mass is 433 g/mol. The van der Waals surface area contributed by atoms with Gasteiger partial charge in [0.05, 0.1) is 23.4 Å². The summed E-state index contributed by atoms with van der Waals surface area (Å²) in [6.45, 7) is -0.445. The molecule has 0 fully saturated rings. The number of hydrogen-bond acceptors (Lipinski definition) is 4. The van der Waals surface area contributed by atoms with E-state index in [0.717, 1.165) is 10.7 Å². The van der Waals surface area contributed by atoms with Gasteiger partial charge in [0.15, 0.2) is 5.82 Å². The minimum absolute atomic E-state index is 0.0306. The van der Waals surface area contributed by atoms with Gasteiger partial charge in [0.2, 0.25) is 0 Å². The van der Waals surface area contributed by atoms with E-state index in [1.807, 2.05) is 0 Å². The number of aromatic nitrogens is 4. The number of carbonyl (C=O) groups excluding carboxylic acids is 1. The van der Waals surface area contributed by atoms with Crippen LogP contribution in [0.3, 0.4) is 0 Å². The summed E-state index contributed by atoms with van der Waals surface area (Å²) in [5.74, 6) is -1.83. The Kier molecular flexibility index (Phi) is 5.46. The first-order valence-corrected chi connectivity index (χ1v) is 8.06. The van der Waals surface area contributed by atoms with Crippen molar-refractivity contribution in [2.75, 3.05) is 0 Å². The Morgan fingerprint density at radius 3 is 2.17 bits per heavy atom. The molecule has 1 aromatic heterocycles. The molecule has 158 valence electrons. The van der Waals surface area contributed by atoms with Gasteiger partial charge in [0.25, 0.3) is 5.91 Å². The van der Waals surface area contributed by atoms with E-state index in [2.05, 4.69) is 20.8 Å². The Morgan fingerprint density at radius 1 is 0.967 bits per heavy atom. The molecule has 0 aliphatic rings. The van der Waals surface area contributed by atoms with Crippen LogP contribution in [0.4, 0.5) is 30.7 Å². The van der Waals surface area contributed by atoms with Crippen molar-refractivity contribution in [3.05, 3.63) is 70.8 Å². The maximum absolute atomic E-state index is 13.4. The summed E-state index contributed by atoms with van der Waals surface area (Å²) < 4.78 is 91.9. The average Bonchev–Trinajstić information content (AvgIpc) is 3.13. The third-order valence-electron chi connectivity index (χ3n) is 3.84. The lowest BCUT2D eigenvalue weighted by molar-refractivity contribution is -0.143. The molecule has 0 spiro atoms. The molecule has 13 heteroatoms. The van der Waals surface area contributed by atoms with Crippen LogP contribution >= 0.6 is 0 Å². The number of carbonyl (C=O) groups is 1. The summed E-state index contributed by atoms with van der Waals surface area (Å²) in [5.41, 5.74) is -3.89. The average molecular weight is 433 g/mol. The topological polar surface area (TPSA) is 72.7 Å². The Hall–Kier alpha value is -3.51. The number of alkyl halides is 6. The number of amides is 1. The van der Waals surface area contributed by atoms with Crippen molar-refractivity contribution in [3.8, 4) is 5.69 Å². The number of rotatable bonds is 4. The maximum atomic E-state index is 13.4. The zero-order valence-electron chi connectivity index (χ0n) is 14.6. The standard InChI is InChI=1S/C17H10F7N5O/c18-12-2-1-3-13(7-12)29-14(26-27-28-29)8-25-15(30)9-4-10(16(19,20)21)6-11(5-9)17(22,23)24/h1-7H,8H2,(H,25,30). The van der Waals surface area contributed by atoms with E-state index in [1.165, 1.54) is 18.2 Å². The zero-order chi connectivity index (χ0) is 22.1. The molecule has 1 heterocycles. The number of halogens is 7. The van der Waals surface area contributed by atoms with E-state index in [1.54, 1.807) is 0 Å². The smallest absolute Gasteiger partial charge is 0.345 e. The molecule has 1 N–H and O–H groups in total. The van der Waals surface area contributed by atoms with Crippen molar-refractivity contribution in [2.24, 2.45) is 0 Å². The highest BCUT2D eigenvalue weighted by Gasteiger charge is 2.37. The number of nitrogens with zero attached hydrogens (tertiary/aromatic N) is 4. The van der Waals surface area contributed by atoms with Crippen molar-refractivity contribution < 1.29 is 35.5 Å². The fourth-order valence-corrected chi connectivity index (χ4v) is 2.47. The first-order valence-electron chi connectivity index (χ1n) is 8.06. The second kappa shape index (κ2) is 7.72. The molecule has 2 aromatic carbocycles. The second-order valence-electron chi connectivity index (χ2n) is 5.96. The van der Waals surface area contributed by atoms with Gasteiger partial charge in [-0.15, -0.1) is 5.10 Å². The van der Waals surface area contributed by atoms with Crippen molar-refractivity contribution in [3.63, 3.8) is 0 Å². The number of hydrogen-bond donors (Lipinski definition) is 1. The predicted octanol–water partition coefficient (Wildman–Crippen LogP) is 3.77. The number of benzene rings is 2. The molecular weight excluding hydrogens is 423 g/mol. The van der Waals surface area contributed by atoms with E-state index in [9.17, 15) is 35.5 Å². The third-order valence-corrected chi connectivity index (χ3v) is 3.84. The molecule has 0 saturated heterocycles. The lowest BCUT2D eigenvalue weighted by Crippen LogP contribution is -2.26. The highest BCUT2D eigenvalue weighted by atomic mass is 19.4. The predicted molar refractivity (Wildman–Crippen MR) is 86.7 cm³/mol. The molecule has 3 aromatic rings. The molecule has 0 aliphatic carbocycles. The maximum Gasteiger partial charge on any atom is 0.416 e. The second-order valence-corrected chi connectivity index (χ2v) is 5.96. The quantitative estimate of drug-likeness (QED) is 0.636. The molecule has 0 aliphatic heterocycles. The number of tetrazole rings is 1. The SMILES string of the molecule is O=C(NCc1nnnn1-c1cccc(F)c1)c1cc(C(F)(F)F)cc(C(F)(F)F)c1. The summed E-state index contributed by atoms with van der Waals surface area (Å²) in [7, 11) is 0. The van der Waals surface area contributed by atoms with Crippen LogP contribution in [-0.4, -0.2) is 26.1 Å². The first-order chi connectivity index (χ1) is 13.9. The van der Waals surface area contributed by atoms with Gasteiger partial charge >= 0.3 is 12.4 Å². The Morgan fingerprint density at radius 2 is 1.60 bits per heavy atom. The summed E-state index contributed by atoms with van der Waals surface area (Å²) in [5, 5.41) is 12.7. The van der Waals surface area contributed by atoms with Crippen LogP contribution < -0.4 is 5.32 Å². The summed E-state index contributed by atoms with van der Waals surface area (Å²) >= 11 is 0. The molecule has 0 radical (unpaired) electrons. The first kappa shape index (κ1) is 21.2. The molecule has 0 unspecified atom stereocenters. The van der Waals surface area contributed by atoms with Crippen LogP contribution in [0, 0.1) is 5.82 Å². The fourth-order valence-electron chi connectivity index (χ4n) is 2.47. The van der Waals surface area contributed by atoms with Crippen molar-refractivity contribution in [1.29, 1.82) is 0 Å². The number of nitrogens with one attached hydrogen (secondary N) is 1. The van der Waals surface area contributed by atoms with Crippen molar-refractivity contribution in [1.82, 2.24) is 25.5 Å². The Labute approximate surface area is 163 Å². The van der Waals surface area contributed by atoms with Gasteiger partial charge in [-0.3, -0.25) is 4.79 Å². The van der Waals surface area contributed by atoms with Gasteiger partial charge in [-0.2, -0.15) is 31.0 Å². The van der Waals surface area contributed by atoms with E-state index in [4.69, 9.17) is 0 Å². The van der Waals surface area contributed by atoms with Crippen molar-refractivity contribution in [2.45, 2.75) is 18.9 Å². The normalized spacial score (nSPS) is 12.1. The van der Waals surface area contributed by atoms with Gasteiger partial charge < -0.3 is 5.32 Å². The molecule has 0 atom stereocenters. The highest BCUT2D eigenvalue weighted by Crippen LogP contribution is 2.36. The largest absolute Gasteiger partial charge is 0.416 e.